The Labute approximate surface area is 191 Å². The molecule has 1 atom stereocenters. The number of nitriles is 1. The molecule has 0 saturated heterocycles. The first kappa shape index (κ1) is 20.7. The van der Waals surface area contributed by atoms with E-state index in [-0.39, 0.29) is 12.3 Å². The fraction of sp³-hybridized carbons (Fsp3) is 0.296. The van der Waals surface area contributed by atoms with Crippen molar-refractivity contribution in [3.05, 3.63) is 65.3 Å². The lowest BCUT2D eigenvalue weighted by Gasteiger charge is -2.17. The summed E-state index contributed by atoms with van der Waals surface area (Å²) >= 11 is 1.70. The number of benzene rings is 2. The number of rotatable bonds is 6. The van der Waals surface area contributed by atoms with Crippen LogP contribution in [0.25, 0.3) is 32.0 Å². The van der Waals surface area contributed by atoms with Gasteiger partial charge in [-0.15, -0.1) is 11.3 Å². The van der Waals surface area contributed by atoms with Gasteiger partial charge in [-0.3, -0.25) is 9.78 Å². The van der Waals surface area contributed by atoms with Crippen LogP contribution in [0, 0.1) is 17.2 Å². The second kappa shape index (κ2) is 8.72. The van der Waals surface area contributed by atoms with Gasteiger partial charge in [0.15, 0.2) is 0 Å². The van der Waals surface area contributed by atoms with Crippen molar-refractivity contribution in [3.63, 3.8) is 0 Å². The Hall–Kier alpha value is -3.23. The maximum Gasteiger partial charge on any atom is 0.303 e. The lowest BCUT2D eigenvalue weighted by molar-refractivity contribution is -0.137. The molecule has 32 heavy (non-hydrogen) atoms. The largest absolute Gasteiger partial charge is 0.481 e. The number of carbonyl (C=O) groups is 1. The summed E-state index contributed by atoms with van der Waals surface area (Å²) in [7, 11) is 0. The molecule has 2 heterocycles. The number of carboxylic acid groups (broad SMARTS) is 1. The molecule has 1 fully saturated rings. The third-order valence-corrected chi connectivity index (χ3v) is 8.04. The highest BCUT2D eigenvalue weighted by Crippen LogP contribution is 2.43. The molecule has 1 N–H and O–H groups in total. The first-order valence-electron chi connectivity index (χ1n) is 11.2. The van der Waals surface area contributed by atoms with E-state index in [1.807, 2.05) is 48.8 Å². The van der Waals surface area contributed by atoms with Crippen LogP contribution in [0.1, 0.15) is 54.9 Å². The van der Waals surface area contributed by atoms with Crippen LogP contribution >= 0.6 is 11.3 Å². The molecule has 5 rings (SSSR count). The average Bonchev–Trinajstić information content (AvgIpc) is 3.47. The van der Waals surface area contributed by atoms with Gasteiger partial charge in [-0.1, -0.05) is 56.0 Å². The van der Waals surface area contributed by atoms with Crippen LogP contribution < -0.4 is 0 Å². The highest BCUT2D eigenvalue weighted by atomic mass is 32.1. The van der Waals surface area contributed by atoms with Crippen LogP contribution in [0.4, 0.5) is 0 Å². The predicted molar refractivity (Wildman–Crippen MR) is 129 cm³/mol. The van der Waals surface area contributed by atoms with Gasteiger partial charge in [-0.2, -0.15) is 5.26 Å². The third kappa shape index (κ3) is 3.87. The summed E-state index contributed by atoms with van der Waals surface area (Å²) in [6, 6.07) is 16.3. The van der Waals surface area contributed by atoms with Crippen molar-refractivity contribution in [2.75, 3.05) is 0 Å². The molecule has 0 aliphatic heterocycles. The van der Waals surface area contributed by atoms with Gasteiger partial charge in [0.1, 0.15) is 0 Å². The minimum atomic E-state index is -0.734. The topological polar surface area (TPSA) is 74.0 Å². The standard InChI is InChI=1S/C27H24N2O2S/c28-14-18-9-10-23(22-8-4-3-7-21(18)22)24-16-29-15-20-12-25(32-27(20)24)19(13-26(30)31)11-17-5-1-2-6-17/h3-4,7-10,12,15-17,19H,1-2,5-6,11,13H2,(H,30,31)/t19-/m1/s1. The molecule has 0 unspecified atom stereocenters. The number of pyridine rings is 1. The molecule has 4 nitrogen and oxygen atoms in total. The SMILES string of the molecule is N#Cc1ccc(-c2cncc3cc([C@@H](CC(=O)O)CC4CCCC4)sc23)c2ccccc12. The van der Waals surface area contributed by atoms with E-state index in [2.05, 4.69) is 17.1 Å². The van der Waals surface area contributed by atoms with Crippen molar-refractivity contribution < 1.29 is 9.90 Å². The van der Waals surface area contributed by atoms with Crippen LogP contribution in [-0.4, -0.2) is 16.1 Å². The van der Waals surface area contributed by atoms with Gasteiger partial charge in [0.05, 0.1) is 18.1 Å². The van der Waals surface area contributed by atoms with Gasteiger partial charge < -0.3 is 5.11 Å². The number of thiophene rings is 1. The summed E-state index contributed by atoms with van der Waals surface area (Å²) in [5.41, 5.74) is 2.75. The molecule has 4 aromatic rings. The zero-order chi connectivity index (χ0) is 22.1. The summed E-state index contributed by atoms with van der Waals surface area (Å²) < 4.78 is 1.13. The Balaban J connectivity index is 1.62. The minimum absolute atomic E-state index is 0.0403. The van der Waals surface area contributed by atoms with E-state index in [4.69, 9.17) is 0 Å². The third-order valence-electron chi connectivity index (χ3n) is 6.69. The molecule has 1 aliphatic carbocycles. The van der Waals surface area contributed by atoms with E-state index >= 15 is 0 Å². The number of carboxylic acids is 1. The Bertz CT molecular complexity index is 1350. The number of aromatic nitrogens is 1. The highest BCUT2D eigenvalue weighted by Gasteiger charge is 2.25. The van der Waals surface area contributed by atoms with Crippen LogP contribution in [0.2, 0.25) is 0 Å². The fourth-order valence-corrected chi connectivity index (χ4v) is 6.44. The smallest absolute Gasteiger partial charge is 0.303 e. The van der Waals surface area contributed by atoms with Gasteiger partial charge in [-0.25, -0.2) is 0 Å². The minimum Gasteiger partial charge on any atom is -0.481 e. The second-order valence-electron chi connectivity index (χ2n) is 8.75. The summed E-state index contributed by atoms with van der Waals surface area (Å²) in [6.07, 6.45) is 9.83. The quantitative estimate of drug-likeness (QED) is 0.346. The maximum atomic E-state index is 11.6. The molecule has 0 spiro atoms. The average molecular weight is 441 g/mol. The van der Waals surface area contributed by atoms with Gasteiger partial charge in [-0.05, 0) is 35.4 Å². The van der Waals surface area contributed by atoms with Crippen LogP contribution in [0.5, 0.6) is 0 Å². The molecular weight excluding hydrogens is 416 g/mol. The van der Waals surface area contributed by atoms with Crippen LogP contribution in [-0.2, 0) is 4.79 Å². The zero-order valence-electron chi connectivity index (χ0n) is 17.8. The van der Waals surface area contributed by atoms with E-state index < -0.39 is 5.97 Å². The highest BCUT2D eigenvalue weighted by molar-refractivity contribution is 7.19. The molecule has 0 amide bonds. The van der Waals surface area contributed by atoms with Crippen molar-refractivity contribution in [2.24, 2.45) is 5.92 Å². The van der Waals surface area contributed by atoms with E-state index in [9.17, 15) is 15.2 Å². The van der Waals surface area contributed by atoms with Gasteiger partial charge >= 0.3 is 5.97 Å². The summed E-state index contributed by atoms with van der Waals surface area (Å²) in [5.74, 6) is -0.0647. The van der Waals surface area contributed by atoms with Crippen molar-refractivity contribution in [2.45, 2.75) is 44.4 Å². The Morgan fingerprint density at radius 3 is 2.66 bits per heavy atom. The molecule has 2 aromatic carbocycles. The first-order valence-corrected chi connectivity index (χ1v) is 12.0. The zero-order valence-corrected chi connectivity index (χ0v) is 18.6. The molecule has 5 heteroatoms. The predicted octanol–water partition coefficient (Wildman–Crippen LogP) is 7.13. The van der Waals surface area contributed by atoms with Gasteiger partial charge in [0.2, 0.25) is 0 Å². The van der Waals surface area contributed by atoms with Crippen molar-refractivity contribution in [3.8, 4) is 17.2 Å². The number of hydrogen-bond donors (Lipinski definition) is 1. The number of aliphatic carboxylic acids is 1. The fourth-order valence-electron chi connectivity index (χ4n) is 5.17. The Morgan fingerprint density at radius 1 is 1.12 bits per heavy atom. The Morgan fingerprint density at radius 2 is 1.91 bits per heavy atom. The molecule has 160 valence electrons. The van der Waals surface area contributed by atoms with E-state index in [0.29, 0.717) is 11.5 Å². The number of nitrogens with zero attached hydrogens (tertiary/aromatic N) is 2. The molecule has 1 aliphatic rings. The molecule has 1 saturated carbocycles. The van der Waals surface area contributed by atoms with Gasteiger partial charge in [0.25, 0.3) is 0 Å². The van der Waals surface area contributed by atoms with Crippen LogP contribution in [0.15, 0.2) is 54.9 Å². The maximum absolute atomic E-state index is 11.6. The summed E-state index contributed by atoms with van der Waals surface area (Å²) in [5, 5.41) is 22.1. The van der Waals surface area contributed by atoms with Gasteiger partial charge in [0, 0.05) is 44.2 Å². The summed E-state index contributed by atoms with van der Waals surface area (Å²) in [6.45, 7) is 0. The second-order valence-corrected chi connectivity index (χ2v) is 9.84. The monoisotopic (exact) mass is 440 g/mol. The van der Waals surface area contributed by atoms with Crippen LogP contribution in [0.3, 0.4) is 0 Å². The van der Waals surface area contributed by atoms with Crippen molar-refractivity contribution >= 4 is 38.2 Å². The lowest BCUT2D eigenvalue weighted by Crippen LogP contribution is -2.09. The van der Waals surface area contributed by atoms with E-state index in [1.54, 1.807) is 11.3 Å². The molecule has 0 radical (unpaired) electrons. The van der Waals surface area contributed by atoms with E-state index in [1.165, 1.54) is 25.7 Å². The normalized spacial score (nSPS) is 15.2. The molecular formula is C27H24N2O2S. The van der Waals surface area contributed by atoms with Crippen molar-refractivity contribution in [1.82, 2.24) is 4.98 Å². The summed E-state index contributed by atoms with van der Waals surface area (Å²) in [4.78, 5) is 17.3. The molecule has 2 aromatic heterocycles. The first-order chi connectivity index (χ1) is 15.6. The molecule has 0 bridgehead atoms. The lowest BCUT2D eigenvalue weighted by atomic mass is 9.89. The van der Waals surface area contributed by atoms with Crippen molar-refractivity contribution in [1.29, 1.82) is 5.26 Å². The van der Waals surface area contributed by atoms with E-state index in [0.717, 1.165) is 43.3 Å². The number of fused-ring (bicyclic) bond motifs is 2. The number of hydrogen-bond acceptors (Lipinski definition) is 4. The Kier molecular flexibility index (Phi) is 5.63.